The predicted molar refractivity (Wildman–Crippen MR) is 41.4 cm³/mol. The van der Waals surface area contributed by atoms with Gasteiger partial charge in [0.15, 0.2) is 5.78 Å². The number of ketones is 1. The van der Waals surface area contributed by atoms with Crippen LogP contribution in [0.4, 0.5) is 0 Å². The molecule has 1 aromatic rings. The summed E-state index contributed by atoms with van der Waals surface area (Å²) in [6, 6.07) is 1.81. The molecule has 1 heterocycles. The number of nitrogens with zero attached hydrogens (tertiary/aromatic N) is 2. The lowest BCUT2D eigenvalue weighted by Gasteiger charge is -1.89. The van der Waals surface area contributed by atoms with Gasteiger partial charge in [0.25, 0.3) is 0 Å². The summed E-state index contributed by atoms with van der Waals surface area (Å²) in [7, 11) is 0. The Balaban J connectivity index is 2.86. The summed E-state index contributed by atoms with van der Waals surface area (Å²) in [5.41, 5.74) is 2.33. The van der Waals surface area contributed by atoms with E-state index in [9.17, 15) is 4.79 Å². The molecule has 0 aliphatic rings. The van der Waals surface area contributed by atoms with Crippen molar-refractivity contribution in [2.24, 2.45) is 0 Å². The lowest BCUT2D eigenvalue weighted by atomic mass is 10.2. The molecule has 0 N–H and O–H groups in total. The first-order valence-corrected chi connectivity index (χ1v) is 3.94. The molecule has 1 rings (SSSR count). The maximum Gasteiger partial charge on any atom is 0.188 e. The van der Waals surface area contributed by atoms with E-state index in [2.05, 4.69) is 4.98 Å². The van der Waals surface area contributed by atoms with E-state index < -0.39 is 0 Å². The van der Waals surface area contributed by atoms with Crippen molar-refractivity contribution in [1.82, 2.24) is 4.98 Å². The van der Waals surface area contributed by atoms with Crippen molar-refractivity contribution in [3.63, 3.8) is 0 Å². The first-order valence-electron chi connectivity index (χ1n) is 3.06. The summed E-state index contributed by atoms with van der Waals surface area (Å²) < 4.78 is 0. The molecule has 11 heavy (non-hydrogen) atoms. The van der Waals surface area contributed by atoms with Gasteiger partial charge in [-0.25, -0.2) is 4.98 Å². The van der Waals surface area contributed by atoms with E-state index in [1.54, 1.807) is 12.4 Å². The molecule has 0 aliphatic heterocycles. The van der Waals surface area contributed by atoms with Crippen molar-refractivity contribution in [2.45, 2.75) is 13.3 Å². The largest absolute Gasteiger partial charge is 0.292 e. The predicted octanol–water partition coefficient (Wildman–Crippen LogP) is 1.55. The summed E-state index contributed by atoms with van der Waals surface area (Å²) in [6.45, 7) is 1.76. The maximum absolute atomic E-state index is 11.1. The Morgan fingerprint density at radius 2 is 2.64 bits per heavy atom. The molecule has 0 radical (unpaired) electrons. The van der Waals surface area contributed by atoms with E-state index >= 15 is 0 Å². The zero-order valence-electron chi connectivity index (χ0n) is 6.00. The van der Waals surface area contributed by atoms with E-state index in [0.717, 1.165) is 5.69 Å². The van der Waals surface area contributed by atoms with Gasteiger partial charge in [0.05, 0.1) is 28.6 Å². The molecule has 0 aliphatic carbocycles. The lowest BCUT2D eigenvalue weighted by Crippen LogP contribution is -1.95. The van der Waals surface area contributed by atoms with E-state index in [0.29, 0.717) is 4.88 Å². The first kappa shape index (κ1) is 7.89. The van der Waals surface area contributed by atoms with Crippen molar-refractivity contribution >= 4 is 17.1 Å². The van der Waals surface area contributed by atoms with Crippen LogP contribution in [0.25, 0.3) is 0 Å². The number of aromatic nitrogens is 1. The fourth-order valence-corrected chi connectivity index (χ4v) is 1.46. The number of thiazole rings is 1. The van der Waals surface area contributed by atoms with Crippen LogP contribution >= 0.6 is 11.3 Å². The second kappa shape index (κ2) is 3.26. The Labute approximate surface area is 68.3 Å². The number of aryl methyl sites for hydroxylation is 1. The van der Waals surface area contributed by atoms with Crippen LogP contribution in [0.1, 0.15) is 21.8 Å². The summed E-state index contributed by atoms with van der Waals surface area (Å²) >= 11 is 1.29. The standard InChI is InChI=1S/C7H6N2OS/c1-5-7(11-4-9-5)6(10)2-3-8/h4H,2H2,1H3. The fourth-order valence-electron chi connectivity index (χ4n) is 0.722. The van der Waals surface area contributed by atoms with Gasteiger partial charge in [0.1, 0.15) is 0 Å². The van der Waals surface area contributed by atoms with Gasteiger partial charge in [-0.1, -0.05) is 0 Å². The van der Waals surface area contributed by atoms with Crippen molar-refractivity contribution in [3.05, 3.63) is 16.1 Å². The van der Waals surface area contributed by atoms with Gasteiger partial charge in [-0.05, 0) is 6.92 Å². The first-order chi connectivity index (χ1) is 5.25. The van der Waals surface area contributed by atoms with Crippen LogP contribution in [0.2, 0.25) is 0 Å². The minimum Gasteiger partial charge on any atom is -0.292 e. The number of hydrogen-bond acceptors (Lipinski definition) is 4. The summed E-state index contributed by atoms with van der Waals surface area (Å²) in [5.74, 6) is -0.132. The molecule has 0 saturated carbocycles. The van der Waals surface area contributed by atoms with Gasteiger partial charge in [-0.2, -0.15) is 5.26 Å². The van der Waals surface area contributed by atoms with Gasteiger partial charge >= 0.3 is 0 Å². The van der Waals surface area contributed by atoms with Crippen molar-refractivity contribution in [2.75, 3.05) is 0 Å². The molecular formula is C7H6N2OS. The summed E-state index contributed by atoms with van der Waals surface area (Å²) in [6.07, 6.45) is -0.0525. The van der Waals surface area contributed by atoms with Gasteiger partial charge in [0, 0.05) is 0 Å². The molecule has 1 aromatic heterocycles. The zero-order chi connectivity index (χ0) is 8.27. The van der Waals surface area contributed by atoms with Crippen LogP contribution in [0.5, 0.6) is 0 Å². The third-order valence-electron chi connectivity index (χ3n) is 1.24. The van der Waals surface area contributed by atoms with Crippen molar-refractivity contribution in [1.29, 1.82) is 5.26 Å². The highest BCUT2D eigenvalue weighted by atomic mass is 32.1. The molecule has 0 amide bonds. The second-order valence-corrected chi connectivity index (χ2v) is 2.88. The third-order valence-corrected chi connectivity index (χ3v) is 2.21. The monoisotopic (exact) mass is 166 g/mol. The quantitative estimate of drug-likeness (QED) is 0.626. The van der Waals surface area contributed by atoms with Gasteiger partial charge in [-0.3, -0.25) is 4.79 Å². The number of nitriles is 1. The maximum atomic E-state index is 11.1. The number of rotatable bonds is 2. The van der Waals surface area contributed by atoms with Crippen LogP contribution in [0.3, 0.4) is 0 Å². The number of hydrogen-bond donors (Lipinski definition) is 0. The SMILES string of the molecule is Cc1ncsc1C(=O)CC#N. The number of carbonyl (C=O) groups excluding carboxylic acids is 1. The Kier molecular flexibility index (Phi) is 2.34. The number of carbonyl (C=O) groups is 1. The zero-order valence-corrected chi connectivity index (χ0v) is 6.81. The van der Waals surface area contributed by atoms with E-state index in [1.807, 2.05) is 6.07 Å². The van der Waals surface area contributed by atoms with Crippen LogP contribution in [-0.2, 0) is 0 Å². The Morgan fingerprint density at radius 3 is 3.09 bits per heavy atom. The van der Waals surface area contributed by atoms with Gasteiger partial charge in [0.2, 0.25) is 0 Å². The topological polar surface area (TPSA) is 53.8 Å². The summed E-state index contributed by atoms with van der Waals surface area (Å²) in [4.78, 5) is 15.6. The molecule has 4 heteroatoms. The van der Waals surface area contributed by atoms with Crippen LogP contribution < -0.4 is 0 Å². The number of Topliss-reactive ketones (excluding diaryl/α,β-unsaturated/α-hetero) is 1. The molecule has 0 aromatic carbocycles. The average molecular weight is 166 g/mol. The van der Waals surface area contributed by atoms with E-state index in [-0.39, 0.29) is 12.2 Å². The summed E-state index contributed by atoms with van der Waals surface area (Å²) in [5, 5.41) is 8.24. The Hall–Kier alpha value is -1.21. The minimum absolute atomic E-state index is 0.0525. The minimum atomic E-state index is -0.132. The molecule has 0 unspecified atom stereocenters. The normalized spacial score (nSPS) is 9.09. The Bertz CT molecular complexity index is 310. The fraction of sp³-hybridized carbons (Fsp3) is 0.286. The van der Waals surface area contributed by atoms with Crippen LogP contribution in [0.15, 0.2) is 5.51 Å². The van der Waals surface area contributed by atoms with E-state index in [4.69, 9.17) is 5.26 Å². The highest BCUT2D eigenvalue weighted by molar-refractivity contribution is 7.11. The molecule has 0 saturated heterocycles. The third kappa shape index (κ3) is 1.63. The van der Waals surface area contributed by atoms with E-state index in [1.165, 1.54) is 11.3 Å². The van der Waals surface area contributed by atoms with Gasteiger partial charge < -0.3 is 0 Å². The molecule has 0 atom stereocenters. The average Bonchev–Trinajstić information content (AvgIpc) is 2.36. The molecule has 0 fully saturated rings. The smallest absolute Gasteiger partial charge is 0.188 e. The highest BCUT2D eigenvalue weighted by Crippen LogP contribution is 2.13. The van der Waals surface area contributed by atoms with Crippen molar-refractivity contribution in [3.8, 4) is 6.07 Å². The Morgan fingerprint density at radius 1 is 1.91 bits per heavy atom. The molecule has 0 bridgehead atoms. The second-order valence-electron chi connectivity index (χ2n) is 2.02. The van der Waals surface area contributed by atoms with Crippen LogP contribution in [-0.4, -0.2) is 10.8 Å². The highest BCUT2D eigenvalue weighted by Gasteiger charge is 2.09. The molecule has 0 spiro atoms. The van der Waals surface area contributed by atoms with Gasteiger partial charge in [-0.15, -0.1) is 11.3 Å². The van der Waals surface area contributed by atoms with Crippen molar-refractivity contribution < 1.29 is 4.79 Å². The molecular weight excluding hydrogens is 160 g/mol. The molecule has 56 valence electrons. The van der Waals surface area contributed by atoms with Crippen LogP contribution in [0, 0.1) is 18.3 Å². The molecule has 3 nitrogen and oxygen atoms in total. The lowest BCUT2D eigenvalue weighted by molar-refractivity contribution is 0.100.